The number of carbonyl (C=O) groups is 1. The van der Waals surface area contributed by atoms with Crippen LogP contribution < -0.4 is 14.9 Å². The topological polar surface area (TPSA) is 103 Å². The molecule has 0 spiro atoms. The number of fused-ring (bicyclic) bond motifs is 1. The standard InChI is InChI=1S/C20H24N6O2S.C2H6/c1-11-5-8-14(16(9-11)26(3)29(4)28)23-15-10-17(25-20(27)13-6-7-13)24-19-18(15)21-12(2)22-19;1-2/h5,8-10,13H,6-7H2,1-4H3,(H3,21,22,23,24,25,27);1-2H3. The van der Waals surface area contributed by atoms with E-state index in [0.29, 0.717) is 11.5 Å². The van der Waals surface area contributed by atoms with E-state index >= 15 is 0 Å². The highest BCUT2D eigenvalue weighted by atomic mass is 32.2. The van der Waals surface area contributed by atoms with Gasteiger partial charge in [0.1, 0.15) is 28.1 Å². The monoisotopic (exact) mass is 442 g/mol. The van der Waals surface area contributed by atoms with E-state index in [0.717, 1.165) is 46.8 Å². The molecule has 31 heavy (non-hydrogen) atoms. The lowest BCUT2D eigenvalue weighted by atomic mass is 10.2. The second kappa shape index (κ2) is 9.47. The zero-order chi connectivity index (χ0) is 22.7. The molecule has 1 aromatic carbocycles. The van der Waals surface area contributed by atoms with Crippen molar-refractivity contribution in [1.29, 1.82) is 0 Å². The van der Waals surface area contributed by atoms with E-state index in [2.05, 4.69) is 25.6 Å². The molecular formula is C22H30N6O2S. The Labute approximate surface area is 185 Å². The van der Waals surface area contributed by atoms with Gasteiger partial charge in [-0.2, -0.15) is 0 Å². The lowest BCUT2D eigenvalue weighted by Gasteiger charge is -2.21. The number of nitrogens with zero attached hydrogens (tertiary/aromatic N) is 3. The van der Waals surface area contributed by atoms with Crippen LogP contribution in [-0.4, -0.2) is 38.4 Å². The molecule has 0 bridgehead atoms. The third kappa shape index (κ3) is 5.22. The average molecular weight is 443 g/mol. The highest BCUT2D eigenvalue weighted by molar-refractivity contribution is 7.85. The largest absolute Gasteiger partial charge is 0.352 e. The first-order chi connectivity index (χ1) is 14.8. The molecule has 0 saturated heterocycles. The first-order valence-electron chi connectivity index (χ1n) is 10.4. The van der Waals surface area contributed by atoms with Gasteiger partial charge in [0.25, 0.3) is 0 Å². The zero-order valence-corrected chi connectivity index (χ0v) is 19.7. The number of benzene rings is 1. The average Bonchev–Trinajstić information content (AvgIpc) is 3.52. The maximum atomic E-state index is 12.2. The van der Waals surface area contributed by atoms with Crippen LogP contribution in [-0.2, 0) is 15.8 Å². The molecule has 3 aromatic rings. The Hall–Kier alpha value is -2.94. The molecule has 3 N–H and O–H groups in total. The maximum absolute atomic E-state index is 12.2. The number of anilines is 4. The van der Waals surface area contributed by atoms with Crippen molar-refractivity contribution >= 4 is 50.9 Å². The Morgan fingerprint density at radius 1 is 1.16 bits per heavy atom. The smallest absolute Gasteiger partial charge is 0.228 e. The molecule has 0 aliphatic heterocycles. The molecule has 4 rings (SSSR count). The number of imidazole rings is 1. The first kappa shape index (κ1) is 22.7. The Bertz CT molecular complexity index is 1120. The van der Waals surface area contributed by atoms with E-state index in [9.17, 15) is 9.00 Å². The van der Waals surface area contributed by atoms with Gasteiger partial charge in [0.15, 0.2) is 5.65 Å². The summed E-state index contributed by atoms with van der Waals surface area (Å²) in [5, 5.41) is 6.30. The molecule has 1 aliphatic rings. The number of aryl methyl sites for hydroxylation is 2. The number of nitrogens with one attached hydrogen (secondary N) is 3. The zero-order valence-electron chi connectivity index (χ0n) is 18.9. The SMILES string of the molecule is CC.Cc1ccc(Nc2cc(NC(=O)C3CC3)nc3nc(C)[nH]c23)c(N(C)S(C)=O)c1. The third-order valence-corrected chi connectivity index (χ3v) is 5.89. The van der Waals surface area contributed by atoms with Crippen LogP contribution in [0.4, 0.5) is 22.9 Å². The van der Waals surface area contributed by atoms with Crippen molar-refractivity contribution in [1.82, 2.24) is 15.0 Å². The molecule has 1 atom stereocenters. The molecule has 2 aromatic heterocycles. The fourth-order valence-electron chi connectivity index (χ4n) is 3.13. The molecule has 1 amide bonds. The van der Waals surface area contributed by atoms with Gasteiger partial charge < -0.3 is 15.6 Å². The summed E-state index contributed by atoms with van der Waals surface area (Å²) in [5.74, 6) is 1.27. The van der Waals surface area contributed by atoms with Crippen LogP contribution >= 0.6 is 0 Å². The summed E-state index contributed by atoms with van der Waals surface area (Å²) >= 11 is 0. The number of hydrogen-bond donors (Lipinski definition) is 3. The lowest BCUT2D eigenvalue weighted by molar-refractivity contribution is -0.117. The van der Waals surface area contributed by atoms with Gasteiger partial charge in [-0.15, -0.1) is 0 Å². The van der Waals surface area contributed by atoms with Gasteiger partial charge in [-0.1, -0.05) is 19.9 Å². The minimum atomic E-state index is -1.17. The van der Waals surface area contributed by atoms with Crippen molar-refractivity contribution in [3.63, 3.8) is 0 Å². The van der Waals surface area contributed by atoms with Gasteiger partial charge >= 0.3 is 0 Å². The van der Waals surface area contributed by atoms with Crippen LogP contribution in [0.15, 0.2) is 24.3 Å². The fraction of sp³-hybridized carbons (Fsp3) is 0.409. The number of pyridine rings is 1. The molecule has 1 unspecified atom stereocenters. The molecule has 0 radical (unpaired) electrons. The number of aromatic amines is 1. The summed E-state index contributed by atoms with van der Waals surface area (Å²) in [6.45, 7) is 7.85. The Balaban J connectivity index is 0.00000132. The van der Waals surface area contributed by atoms with E-state index in [1.54, 1.807) is 23.7 Å². The van der Waals surface area contributed by atoms with Gasteiger partial charge in [-0.25, -0.2) is 14.2 Å². The molecule has 1 fully saturated rings. The number of hydrogen-bond acceptors (Lipinski definition) is 5. The maximum Gasteiger partial charge on any atom is 0.228 e. The van der Waals surface area contributed by atoms with Crippen molar-refractivity contribution in [2.45, 2.75) is 40.5 Å². The Morgan fingerprint density at radius 3 is 2.52 bits per heavy atom. The quantitative estimate of drug-likeness (QED) is 0.524. The summed E-state index contributed by atoms with van der Waals surface area (Å²) in [7, 11) is 0.624. The summed E-state index contributed by atoms with van der Waals surface area (Å²) in [4.78, 5) is 24.3. The Kier molecular flexibility index (Phi) is 6.94. The highest BCUT2D eigenvalue weighted by Gasteiger charge is 2.30. The van der Waals surface area contributed by atoms with Gasteiger partial charge in [0.2, 0.25) is 5.91 Å². The van der Waals surface area contributed by atoms with Crippen molar-refractivity contribution in [3.8, 4) is 0 Å². The van der Waals surface area contributed by atoms with Crippen molar-refractivity contribution in [2.24, 2.45) is 5.92 Å². The van der Waals surface area contributed by atoms with Gasteiger partial charge in [-0.3, -0.25) is 9.10 Å². The van der Waals surface area contributed by atoms with Crippen LogP contribution in [0.25, 0.3) is 11.2 Å². The van der Waals surface area contributed by atoms with Crippen LogP contribution in [0, 0.1) is 19.8 Å². The highest BCUT2D eigenvalue weighted by Crippen LogP contribution is 2.34. The molecule has 1 saturated carbocycles. The van der Waals surface area contributed by atoms with Gasteiger partial charge in [-0.05, 0) is 44.4 Å². The minimum absolute atomic E-state index is 0.00723. The summed E-state index contributed by atoms with van der Waals surface area (Å²) < 4.78 is 13.8. The first-order valence-corrected chi connectivity index (χ1v) is 12.0. The van der Waals surface area contributed by atoms with E-state index in [1.165, 1.54) is 0 Å². The van der Waals surface area contributed by atoms with Crippen LogP contribution in [0.2, 0.25) is 0 Å². The van der Waals surface area contributed by atoms with Gasteiger partial charge in [0, 0.05) is 25.3 Å². The predicted octanol–water partition coefficient (Wildman–Crippen LogP) is 4.42. The number of rotatable bonds is 6. The van der Waals surface area contributed by atoms with Crippen LogP contribution in [0.3, 0.4) is 0 Å². The number of amides is 1. The summed E-state index contributed by atoms with van der Waals surface area (Å²) in [6, 6.07) is 7.72. The molecule has 166 valence electrons. The number of aromatic nitrogens is 3. The molecular weight excluding hydrogens is 412 g/mol. The van der Waals surface area contributed by atoms with Crippen LogP contribution in [0.5, 0.6) is 0 Å². The third-order valence-electron chi connectivity index (χ3n) is 4.93. The summed E-state index contributed by atoms with van der Waals surface area (Å²) in [6.07, 6.45) is 3.49. The molecule has 1 aliphatic carbocycles. The summed E-state index contributed by atoms with van der Waals surface area (Å²) in [5.41, 5.74) is 4.70. The molecule has 2 heterocycles. The number of H-pyrrole nitrogens is 1. The van der Waals surface area contributed by atoms with E-state index in [1.807, 2.05) is 45.9 Å². The Morgan fingerprint density at radius 2 is 1.87 bits per heavy atom. The van der Waals surface area contributed by atoms with Crippen LogP contribution in [0.1, 0.15) is 38.1 Å². The lowest BCUT2D eigenvalue weighted by Crippen LogP contribution is -2.20. The number of carbonyl (C=O) groups excluding carboxylic acids is 1. The molecule has 8 nitrogen and oxygen atoms in total. The molecule has 9 heteroatoms. The normalized spacial score (nSPS) is 13.9. The fourth-order valence-corrected chi connectivity index (χ4v) is 3.56. The van der Waals surface area contributed by atoms with Crippen molar-refractivity contribution in [2.75, 3.05) is 28.2 Å². The minimum Gasteiger partial charge on any atom is -0.352 e. The van der Waals surface area contributed by atoms with E-state index in [-0.39, 0.29) is 11.8 Å². The van der Waals surface area contributed by atoms with E-state index < -0.39 is 11.0 Å². The van der Waals surface area contributed by atoms with Crippen molar-refractivity contribution < 1.29 is 9.00 Å². The van der Waals surface area contributed by atoms with Gasteiger partial charge in [0.05, 0.1) is 17.1 Å². The second-order valence-electron chi connectivity index (χ2n) is 7.41. The van der Waals surface area contributed by atoms with E-state index in [4.69, 9.17) is 0 Å². The second-order valence-corrected chi connectivity index (χ2v) is 8.80. The predicted molar refractivity (Wildman–Crippen MR) is 128 cm³/mol. The van der Waals surface area contributed by atoms with Crippen molar-refractivity contribution in [3.05, 3.63) is 35.7 Å².